The van der Waals surface area contributed by atoms with Gasteiger partial charge in [-0.2, -0.15) is 0 Å². The molecule has 0 spiro atoms. The molecule has 1 amide bonds. The smallest absolute Gasteiger partial charge is 0.410 e. The fraction of sp³-hybridized carbons (Fsp3) is 0.778. The lowest BCUT2D eigenvalue weighted by molar-refractivity contribution is -0.121. The van der Waals surface area contributed by atoms with E-state index in [1.807, 2.05) is 40.8 Å². The number of hydrogen-bond acceptors (Lipinski definition) is 4. The van der Waals surface area contributed by atoms with Crippen molar-refractivity contribution in [2.24, 2.45) is 5.92 Å². The zero-order chi connectivity index (χ0) is 17.6. The number of rotatable bonds is 5. The predicted molar refractivity (Wildman–Crippen MR) is 92.2 cm³/mol. The maximum Gasteiger partial charge on any atom is 0.410 e. The molecule has 1 fully saturated rings. The van der Waals surface area contributed by atoms with Crippen molar-refractivity contribution in [2.45, 2.75) is 66.0 Å². The van der Waals surface area contributed by atoms with Crippen molar-refractivity contribution in [3.8, 4) is 0 Å². The van der Waals surface area contributed by atoms with Gasteiger partial charge in [0.15, 0.2) is 5.78 Å². The molecule has 0 saturated carbocycles. The lowest BCUT2D eigenvalue weighted by Crippen LogP contribution is -2.51. The van der Waals surface area contributed by atoms with Crippen LogP contribution in [-0.2, 0) is 9.53 Å². The van der Waals surface area contributed by atoms with Crippen LogP contribution in [0.4, 0.5) is 4.79 Å². The van der Waals surface area contributed by atoms with Crippen molar-refractivity contribution in [1.82, 2.24) is 9.80 Å². The van der Waals surface area contributed by atoms with Gasteiger partial charge in [0.25, 0.3) is 0 Å². The number of carbonyl (C=O) groups is 2. The second kappa shape index (κ2) is 8.37. The molecule has 0 aliphatic carbocycles. The third kappa shape index (κ3) is 6.24. The maximum absolute atomic E-state index is 12.6. The van der Waals surface area contributed by atoms with Gasteiger partial charge in [-0.25, -0.2) is 4.79 Å². The van der Waals surface area contributed by atoms with Crippen molar-refractivity contribution in [1.29, 1.82) is 0 Å². The van der Waals surface area contributed by atoms with E-state index in [2.05, 4.69) is 11.8 Å². The molecular weight excluding hydrogens is 292 g/mol. The quantitative estimate of drug-likeness (QED) is 0.727. The Bertz CT molecular complexity index is 436. The molecule has 0 radical (unpaired) electrons. The van der Waals surface area contributed by atoms with Crippen molar-refractivity contribution in [3.05, 3.63) is 12.3 Å². The first kappa shape index (κ1) is 19.5. The van der Waals surface area contributed by atoms with E-state index >= 15 is 0 Å². The van der Waals surface area contributed by atoms with Gasteiger partial charge in [-0.1, -0.05) is 6.92 Å². The van der Waals surface area contributed by atoms with Crippen molar-refractivity contribution in [2.75, 3.05) is 19.6 Å². The van der Waals surface area contributed by atoms with Crippen molar-refractivity contribution < 1.29 is 14.3 Å². The van der Waals surface area contributed by atoms with E-state index in [1.54, 1.807) is 11.0 Å². The number of nitrogens with zero attached hydrogens (tertiary/aromatic N) is 2. The zero-order valence-electron chi connectivity index (χ0n) is 15.5. The molecule has 1 aliphatic heterocycles. The molecule has 0 unspecified atom stereocenters. The summed E-state index contributed by atoms with van der Waals surface area (Å²) in [7, 11) is 0. The highest BCUT2D eigenvalue weighted by Crippen LogP contribution is 2.25. The molecule has 5 nitrogen and oxygen atoms in total. The highest BCUT2D eigenvalue weighted by atomic mass is 16.6. The molecule has 0 N–H and O–H groups in total. The van der Waals surface area contributed by atoms with Crippen LogP contribution in [0.1, 0.15) is 54.4 Å². The standard InChI is InChI=1S/C18H32N2O3/c1-7-19(8-2)12-11-16(21)15-10-9-14(3)13-20(15)17(22)23-18(4,5)6/h11-12,14-15H,7-10,13H2,1-6H3/b12-11+/t14-,15+/m0/s1. The zero-order valence-corrected chi connectivity index (χ0v) is 15.5. The normalized spacial score (nSPS) is 22.3. The Labute approximate surface area is 140 Å². The summed E-state index contributed by atoms with van der Waals surface area (Å²) < 4.78 is 5.47. The molecule has 0 aromatic heterocycles. The van der Waals surface area contributed by atoms with E-state index in [9.17, 15) is 9.59 Å². The lowest BCUT2D eigenvalue weighted by atomic mass is 9.92. The summed E-state index contributed by atoms with van der Waals surface area (Å²) in [6.07, 6.45) is 4.69. The van der Waals surface area contributed by atoms with Gasteiger partial charge in [0.1, 0.15) is 5.60 Å². The van der Waals surface area contributed by atoms with E-state index in [4.69, 9.17) is 4.74 Å². The number of piperidine rings is 1. The number of likely N-dealkylation sites (tertiary alicyclic amines) is 1. The molecule has 1 rings (SSSR count). The number of ketones is 1. The first-order valence-electron chi connectivity index (χ1n) is 8.63. The summed E-state index contributed by atoms with van der Waals surface area (Å²) >= 11 is 0. The minimum atomic E-state index is -0.553. The first-order chi connectivity index (χ1) is 10.7. The summed E-state index contributed by atoms with van der Waals surface area (Å²) in [4.78, 5) is 28.7. The Morgan fingerprint density at radius 1 is 1.22 bits per heavy atom. The molecule has 0 bridgehead atoms. The van der Waals surface area contributed by atoms with Crippen molar-refractivity contribution in [3.63, 3.8) is 0 Å². The Morgan fingerprint density at radius 2 is 1.83 bits per heavy atom. The van der Waals surface area contributed by atoms with Gasteiger partial charge in [-0.3, -0.25) is 9.69 Å². The predicted octanol–water partition coefficient (Wildman–Crippen LogP) is 3.45. The third-order valence-electron chi connectivity index (χ3n) is 4.04. The van der Waals surface area contributed by atoms with Gasteiger partial charge in [0, 0.05) is 25.8 Å². The summed E-state index contributed by atoms with van der Waals surface area (Å²) in [5.41, 5.74) is -0.553. The fourth-order valence-electron chi connectivity index (χ4n) is 2.70. The Hall–Kier alpha value is -1.52. The molecule has 1 saturated heterocycles. The van der Waals surface area contributed by atoms with E-state index in [0.29, 0.717) is 18.9 Å². The van der Waals surface area contributed by atoms with Crippen LogP contribution in [-0.4, -0.2) is 53.0 Å². The molecular formula is C18H32N2O3. The van der Waals surface area contributed by atoms with Crippen LogP contribution in [0.3, 0.4) is 0 Å². The lowest BCUT2D eigenvalue weighted by Gasteiger charge is -2.38. The van der Waals surface area contributed by atoms with Crippen LogP contribution in [0.25, 0.3) is 0 Å². The van der Waals surface area contributed by atoms with E-state index in [-0.39, 0.29) is 5.78 Å². The average Bonchev–Trinajstić information content (AvgIpc) is 2.46. The molecule has 132 valence electrons. The number of carbonyl (C=O) groups excluding carboxylic acids is 2. The Balaban J connectivity index is 2.83. The van der Waals surface area contributed by atoms with Crippen LogP contribution in [0, 0.1) is 5.92 Å². The van der Waals surface area contributed by atoms with E-state index in [0.717, 1.165) is 19.5 Å². The SMILES string of the molecule is CCN(/C=C/C(=O)[C@H]1CC[C@H](C)CN1C(=O)OC(C)(C)C)CC. The van der Waals surface area contributed by atoms with Crippen LogP contribution in [0.5, 0.6) is 0 Å². The van der Waals surface area contributed by atoms with Crippen LogP contribution >= 0.6 is 0 Å². The van der Waals surface area contributed by atoms with Crippen LogP contribution < -0.4 is 0 Å². The minimum absolute atomic E-state index is 0.0188. The largest absolute Gasteiger partial charge is 0.444 e. The van der Waals surface area contributed by atoms with Crippen LogP contribution in [0.15, 0.2) is 12.3 Å². The Morgan fingerprint density at radius 3 is 2.35 bits per heavy atom. The third-order valence-corrected chi connectivity index (χ3v) is 4.04. The van der Waals surface area contributed by atoms with Crippen molar-refractivity contribution >= 4 is 11.9 Å². The van der Waals surface area contributed by atoms with E-state index in [1.165, 1.54) is 0 Å². The second-order valence-electron chi connectivity index (χ2n) is 7.27. The Kier molecular flexibility index (Phi) is 7.10. The number of ether oxygens (including phenoxy) is 1. The fourth-order valence-corrected chi connectivity index (χ4v) is 2.70. The molecule has 1 aliphatic rings. The van der Waals surface area contributed by atoms with Gasteiger partial charge in [0.05, 0.1) is 6.04 Å². The summed E-state index contributed by atoms with van der Waals surface area (Å²) in [5, 5.41) is 0. The highest BCUT2D eigenvalue weighted by molar-refractivity contribution is 5.96. The van der Waals surface area contributed by atoms with Gasteiger partial charge < -0.3 is 9.64 Å². The molecule has 2 atom stereocenters. The summed E-state index contributed by atoms with van der Waals surface area (Å²) in [6, 6.07) is -0.409. The highest BCUT2D eigenvalue weighted by Gasteiger charge is 2.35. The first-order valence-corrected chi connectivity index (χ1v) is 8.63. The topological polar surface area (TPSA) is 49.9 Å². The van der Waals surface area contributed by atoms with Gasteiger partial charge in [0.2, 0.25) is 0 Å². The van der Waals surface area contributed by atoms with Crippen LogP contribution in [0.2, 0.25) is 0 Å². The average molecular weight is 324 g/mol. The summed E-state index contributed by atoms with van der Waals surface area (Å²) in [6.45, 7) is 14.0. The van der Waals surface area contributed by atoms with Gasteiger partial charge in [-0.05, 0) is 59.5 Å². The van der Waals surface area contributed by atoms with Gasteiger partial charge >= 0.3 is 6.09 Å². The molecule has 1 heterocycles. The summed E-state index contributed by atoms with van der Waals surface area (Å²) in [5.74, 6) is 0.369. The molecule has 23 heavy (non-hydrogen) atoms. The van der Waals surface area contributed by atoms with E-state index < -0.39 is 17.7 Å². The number of amides is 1. The molecule has 0 aromatic rings. The second-order valence-corrected chi connectivity index (χ2v) is 7.27. The minimum Gasteiger partial charge on any atom is -0.444 e. The van der Waals surface area contributed by atoms with Gasteiger partial charge in [-0.15, -0.1) is 0 Å². The number of hydrogen-bond donors (Lipinski definition) is 0. The molecule has 5 heteroatoms. The maximum atomic E-state index is 12.6. The molecule has 0 aromatic carbocycles. The monoisotopic (exact) mass is 324 g/mol.